The number of amides is 2. The van der Waals surface area contributed by atoms with E-state index in [1.165, 1.54) is 71.6 Å². The van der Waals surface area contributed by atoms with Crippen LogP contribution in [0.5, 0.6) is 0 Å². The van der Waals surface area contributed by atoms with Gasteiger partial charge in [-0.15, -0.1) is 46.2 Å². The van der Waals surface area contributed by atoms with Crippen molar-refractivity contribution in [1.29, 1.82) is 0 Å². The first-order valence-electron chi connectivity index (χ1n) is 11.1. The van der Waals surface area contributed by atoms with Crippen LogP contribution in [0.25, 0.3) is 10.1 Å². The Kier molecular flexibility index (Phi) is 9.59. The Morgan fingerprint density at radius 2 is 2.12 bits per heavy atom. The normalized spacial score (nSPS) is 18.6. The number of halogens is 1. The number of fused-ring (bicyclic) bond motifs is 2. The van der Waals surface area contributed by atoms with Crippen LogP contribution in [0.4, 0.5) is 9.52 Å². The summed E-state index contributed by atoms with van der Waals surface area (Å²) in [4.78, 5) is 60.2. The van der Waals surface area contributed by atoms with Gasteiger partial charge in [0.05, 0.1) is 15.9 Å². The van der Waals surface area contributed by atoms with Crippen LogP contribution in [0, 0.1) is 5.82 Å². The molecule has 1 aromatic carbocycles. The van der Waals surface area contributed by atoms with E-state index in [1.54, 1.807) is 0 Å². The number of carboxylic acid groups (broad SMARTS) is 1. The van der Waals surface area contributed by atoms with E-state index >= 15 is 0 Å². The molecule has 202 valence electrons. The van der Waals surface area contributed by atoms with E-state index in [1.807, 2.05) is 0 Å². The average molecular weight is 630 g/mol. The zero-order valence-corrected chi connectivity index (χ0v) is 26.1. The largest absolute Gasteiger partial charge is 1.00 e. The van der Waals surface area contributed by atoms with Gasteiger partial charge in [-0.05, 0) is 23.8 Å². The van der Waals surface area contributed by atoms with Gasteiger partial charge in [0, 0.05) is 33.0 Å². The Bertz CT molecular complexity index is 1640. The van der Waals surface area contributed by atoms with E-state index in [-0.39, 0.29) is 68.7 Å². The molecule has 0 unspecified atom stereocenters. The molecule has 11 nitrogen and oxygen atoms in total. The number of rotatable bonds is 8. The van der Waals surface area contributed by atoms with Crippen molar-refractivity contribution in [2.24, 2.45) is 5.16 Å². The average Bonchev–Trinajstić information content (AvgIpc) is 3.33. The number of nitrogens with zero attached hydrogens (tertiary/aromatic N) is 3. The number of carbonyl (C=O) groups excluding carboxylic acids is 3. The number of carboxylic acids is 1. The van der Waals surface area contributed by atoms with Gasteiger partial charge in [-0.2, -0.15) is 0 Å². The molecule has 0 radical (unpaired) electrons. The third-order valence-electron chi connectivity index (χ3n) is 5.75. The van der Waals surface area contributed by atoms with Crippen LogP contribution < -0.4 is 51.1 Å². The third kappa shape index (κ3) is 5.93. The molecule has 0 spiro atoms. The second kappa shape index (κ2) is 12.6. The standard InChI is InChI=1S/C23H18FN5O6S4.Na/c1-35-28-16(12-8-38-23(25)26-12)19(31)27-17-20(32)29-18(22(33)34)9(7-37-21(17)29)6-36-15-5-13(30)11-3-2-10(24)4-14(11)39-15;/h2-5,8,17,21H,6-7H2,1H3,(H2,25,26)(H,27,31)(H,33,34);/q;+1/p-1/b28-16-;/t17-,21+;/m1./s1. The van der Waals surface area contributed by atoms with Crippen molar-refractivity contribution < 1.29 is 58.3 Å². The summed E-state index contributed by atoms with van der Waals surface area (Å²) in [7, 11) is 1.25. The van der Waals surface area contributed by atoms with Crippen molar-refractivity contribution in [3.63, 3.8) is 0 Å². The summed E-state index contributed by atoms with van der Waals surface area (Å²) >= 11 is 4.80. The van der Waals surface area contributed by atoms with Crippen LogP contribution in [-0.2, 0) is 19.2 Å². The van der Waals surface area contributed by atoms with Crippen molar-refractivity contribution in [3.05, 3.63) is 62.7 Å². The summed E-state index contributed by atoms with van der Waals surface area (Å²) in [6, 6.07) is 4.33. The third-order valence-corrected chi connectivity index (χ3v) is 10.1. The number of aromatic nitrogens is 1. The maximum atomic E-state index is 13.7. The number of thiazole rings is 1. The number of β-lactam (4-membered cyclic amide) rings is 1. The Morgan fingerprint density at radius 1 is 1.35 bits per heavy atom. The summed E-state index contributed by atoms with van der Waals surface area (Å²) in [5, 5.41) is 19.8. The Labute approximate surface area is 264 Å². The first-order valence-corrected chi connectivity index (χ1v) is 14.8. The molecule has 2 aromatic heterocycles. The summed E-state index contributed by atoms with van der Waals surface area (Å²) < 4.78 is 14.7. The number of nitrogens with two attached hydrogens (primary N) is 1. The van der Waals surface area contributed by atoms with Crippen LogP contribution in [-0.4, -0.2) is 63.4 Å². The maximum Gasteiger partial charge on any atom is 1.00 e. The number of thioether (sulfide) groups is 2. The molecule has 0 bridgehead atoms. The van der Waals surface area contributed by atoms with Gasteiger partial charge < -0.3 is 25.8 Å². The molecule has 2 atom stereocenters. The Balaban J connectivity index is 0.00000370. The van der Waals surface area contributed by atoms with Crippen molar-refractivity contribution in [2.75, 3.05) is 24.3 Å². The second-order valence-electron chi connectivity index (χ2n) is 8.15. The minimum atomic E-state index is -1.53. The SMILES string of the molecule is CO/N=C(\C(=O)N[C@@H]1C(=O)N2C(C(=O)[O-])=C(CSc3cc(=O)c4ccc(F)cc4s3)CS[C@@H]12)c1csc(N)n1.[Na+]. The quantitative estimate of drug-likeness (QED) is 0.0935. The molecule has 40 heavy (non-hydrogen) atoms. The molecule has 2 aliphatic heterocycles. The summed E-state index contributed by atoms with van der Waals surface area (Å²) in [5.41, 5.74) is 5.52. The van der Waals surface area contributed by atoms with Crippen molar-refractivity contribution in [1.82, 2.24) is 15.2 Å². The van der Waals surface area contributed by atoms with E-state index in [0.29, 0.717) is 19.9 Å². The Hall–Kier alpha value is -2.47. The fraction of sp³-hybridized carbons (Fsp3) is 0.217. The van der Waals surface area contributed by atoms with Gasteiger partial charge in [0.25, 0.3) is 11.8 Å². The zero-order chi connectivity index (χ0) is 27.8. The van der Waals surface area contributed by atoms with Crippen LogP contribution in [0.3, 0.4) is 0 Å². The van der Waals surface area contributed by atoms with Crippen LogP contribution in [0.15, 0.2) is 55.1 Å². The number of carbonyl (C=O) groups is 3. The molecule has 3 N–H and O–H groups in total. The van der Waals surface area contributed by atoms with Crippen LogP contribution >= 0.6 is 46.2 Å². The minimum absolute atomic E-state index is 0. The summed E-state index contributed by atoms with van der Waals surface area (Å²) in [6.45, 7) is 0. The predicted molar refractivity (Wildman–Crippen MR) is 146 cm³/mol. The van der Waals surface area contributed by atoms with E-state index in [4.69, 9.17) is 10.6 Å². The molecular formula is C23H17FN5NaO6S4. The van der Waals surface area contributed by atoms with E-state index in [2.05, 4.69) is 15.5 Å². The fourth-order valence-electron chi connectivity index (χ4n) is 4.02. The van der Waals surface area contributed by atoms with E-state index < -0.39 is 35.0 Å². The van der Waals surface area contributed by atoms with Crippen molar-refractivity contribution in [2.45, 2.75) is 15.6 Å². The van der Waals surface area contributed by atoms with Gasteiger partial charge in [-0.25, -0.2) is 9.37 Å². The molecule has 17 heteroatoms. The number of anilines is 1. The predicted octanol–water partition coefficient (Wildman–Crippen LogP) is -2.01. The number of nitrogens with one attached hydrogen (secondary N) is 1. The van der Waals surface area contributed by atoms with Crippen molar-refractivity contribution in [3.8, 4) is 0 Å². The van der Waals surface area contributed by atoms with E-state index in [0.717, 1.165) is 16.2 Å². The first kappa shape index (κ1) is 30.5. The summed E-state index contributed by atoms with van der Waals surface area (Å²) in [5.74, 6) is -2.94. The molecule has 1 fully saturated rings. The number of hydrogen-bond donors (Lipinski definition) is 2. The van der Waals surface area contributed by atoms with Crippen molar-refractivity contribution >= 4 is 84.9 Å². The molecule has 1 saturated heterocycles. The van der Waals surface area contributed by atoms with Crippen LogP contribution in [0.1, 0.15) is 5.69 Å². The molecule has 2 aliphatic rings. The molecule has 0 aliphatic carbocycles. The minimum Gasteiger partial charge on any atom is -0.543 e. The second-order valence-corrected chi connectivity index (χ2v) is 12.5. The topological polar surface area (TPSA) is 167 Å². The van der Waals surface area contributed by atoms with Gasteiger partial charge in [0.2, 0.25) is 0 Å². The van der Waals surface area contributed by atoms with Gasteiger partial charge >= 0.3 is 29.6 Å². The van der Waals surface area contributed by atoms with Gasteiger partial charge in [0.15, 0.2) is 16.3 Å². The fourth-order valence-corrected chi connectivity index (χ4v) is 8.30. The monoisotopic (exact) mass is 629 g/mol. The number of aliphatic carboxylic acids is 1. The number of nitrogen functional groups attached to an aromatic ring is 1. The molecule has 0 saturated carbocycles. The molecule has 3 aromatic rings. The Morgan fingerprint density at radius 3 is 2.80 bits per heavy atom. The number of hydrogen-bond acceptors (Lipinski definition) is 13. The van der Waals surface area contributed by atoms with Gasteiger partial charge in [-0.1, -0.05) is 5.16 Å². The number of benzene rings is 1. The van der Waals surface area contributed by atoms with Gasteiger partial charge in [-0.3, -0.25) is 19.3 Å². The summed E-state index contributed by atoms with van der Waals surface area (Å²) in [6.07, 6.45) is 0. The molecule has 4 heterocycles. The van der Waals surface area contributed by atoms with Gasteiger partial charge in [0.1, 0.15) is 30.0 Å². The molecule has 2 amide bonds. The zero-order valence-electron chi connectivity index (χ0n) is 20.8. The molecule has 5 rings (SSSR count). The number of oxime groups is 1. The molecular weight excluding hydrogens is 613 g/mol. The first-order chi connectivity index (χ1) is 18.7. The van der Waals surface area contributed by atoms with Crippen LogP contribution in [0.2, 0.25) is 0 Å². The van der Waals surface area contributed by atoms with E-state index in [9.17, 15) is 28.7 Å². The maximum absolute atomic E-state index is 13.7. The smallest absolute Gasteiger partial charge is 0.543 e.